The molecule has 8 nitrogen and oxygen atoms in total. The number of nitrogens with zero attached hydrogens (tertiary/aromatic N) is 2. The smallest absolute Gasteiger partial charge is 0.260 e. The minimum atomic E-state index is -1.33. The van der Waals surface area contributed by atoms with Gasteiger partial charge in [0, 0.05) is 11.2 Å². The molecule has 0 radical (unpaired) electrons. The highest BCUT2D eigenvalue weighted by Crippen LogP contribution is 2.37. The second-order valence-corrected chi connectivity index (χ2v) is 7.03. The van der Waals surface area contributed by atoms with Gasteiger partial charge in [-0.1, -0.05) is 23.7 Å². The summed E-state index contributed by atoms with van der Waals surface area (Å²) in [5, 5.41) is 32.5. The van der Waals surface area contributed by atoms with Crippen molar-refractivity contribution in [3.8, 4) is 0 Å². The number of aromatic amines is 1. The Morgan fingerprint density at radius 3 is 2.81 bits per heavy atom. The fourth-order valence-electron chi connectivity index (χ4n) is 3.41. The fourth-order valence-corrected chi connectivity index (χ4v) is 3.52. The molecule has 3 aromatic rings. The fraction of sp³-hybridized carbons (Fsp3) is 0.333. The summed E-state index contributed by atoms with van der Waals surface area (Å²) >= 11 is 6.02. The van der Waals surface area contributed by atoms with Gasteiger partial charge in [-0.3, -0.25) is 4.79 Å². The summed E-state index contributed by atoms with van der Waals surface area (Å²) in [4.78, 5) is 18.4. The van der Waals surface area contributed by atoms with E-state index in [9.17, 15) is 20.1 Å². The number of aliphatic hydroxyl groups excluding tert-OH is 3. The topological polar surface area (TPSA) is 121 Å². The van der Waals surface area contributed by atoms with E-state index in [2.05, 4.69) is 9.97 Å². The molecular weight excluding hydrogens is 374 g/mol. The van der Waals surface area contributed by atoms with Crippen LogP contribution in [0.25, 0.3) is 11.0 Å². The van der Waals surface area contributed by atoms with Crippen LogP contribution in [0.5, 0.6) is 0 Å². The number of aryl methyl sites for hydroxylation is 1. The molecular formula is C18H18ClN3O5. The molecule has 0 bridgehead atoms. The van der Waals surface area contributed by atoms with Crippen molar-refractivity contribution in [1.29, 1.82) is 0 Å². The molecule has 1 aromatic carbocycles. The van der Waals surface area contributed by atoms with E-state index in [0.717, 1.165) is 5.56 Å². The number of hydrogen-bond acceptors (Lipinski definition) is 6. The lowest BCUT2D eigenvalue weighted by Crippen LogP contribution is -2.34. The van der Waals surface area contributed by atoms with Crippen LogP contribution in [-0.2, 0) is 4.74 Å². The zero-order chi connectivity index (χ0) is 19.3. The molecule has 1 aliphatic rings. The molecule has 0 saturated carbocycles. The summed E-state index contributed by atoms with van der Waals surface area (Å²) in [7, 11) is 0. The molecule has 0 spiro atoms. The number of hydrogen-bond donors (Lipinski definition) is 4. The molecule has 1 fully saturated rings. The molecule has 27 heavy (non-hydrogen) atoms. The van der Waals surface area contributed by atoms with Crippen molar-refractivity contribution < 1.29 is 20.1 Å². The van der Waals surface area contributed by atoms with Crippen LogP contribution in [-0.4, -0.2) is 48.2 Å². The van der Waals surface area contributed by atoms with Crippen molar-refractivity contribution in [2.24, 2.45) is 0 Å². The standard InChI is InChI=1S/C18H18ClN3O5/c1-8-6-9(2-3-11(8)19)12(23)15-13(24)14(25)18(27-15)22-5-4-10-16(22)20-7-21-17(10)26/h2-7,12-15,18,23-25H,1H3,(H,20,21,26)/t12-,13+,14-,15-,18-/m1/s1. The summed E-state index contributed by atoms with van der Waals surface area (Å²) in [5.74, 6) is 0. The van der Waals surface area contributed by atoms with Gasteiger partial charge in [-0.15, -0.1) is 0 Å². The van der Waals surface area contributed by atoms with Crippen LogP contribution in [0.2, 0.25) is 5.02 Å². The molecule has 1 saturated heterocycles. The van der Waals surface area contributed by atoms with Gasteiger partial charge in [0.05, 0.1) is 11.7 Å². The van der Waals surface area contributed by atoms with Crippen molar-refractivity contribution in [3.63, 3.8) is 0 Å². The molecule has 0 aliphatic carbocycles. The van der Waals surface area contributed by atoms with Crippen LogP contribution < -0.4 is 5.56 Å². The summed E-state index contributed by atoms with van der Waals surface area (Å²) in [6, 6.07) is 6.55. The third-order valence-electron chi connectivity index (χ3n) is 4.90. The van der Waals surface area contributed by atoms with Gasteiger partial charge in [-0.05, 0) is 30.2 Å². The van der Waals surface area contributed by atoms with E-state index in [1.54, 1.807) is 37.4 Å². The maximum absolute atomic E-state index is 11.9. The average Bonchev–Trinajstić information content (AvgIpc) is 3.20. The van der Waals surface area contributed by atoms with Gasteiger partial charge >= 0.3 is 0 Å². The van der Waals surface area contributed by atoms with E-state index in [1.807, 2.05) is 0 Å². The van der Waals surface area contributed by atoms with Crippen LogP contribution >= 0.6 is 11.6 Å². The minimum Gasteiger partial charge on any atom is -0.387 e. The Morgan fingerprint density at radius 1 is 1.30 bits per heavy atom. The first-order valence-electron chi connectivity index (χ1n) is 8.38. The van der Waals surface area contributed by atoms with E-state index < -0.39 is 30.6 Å². The maximum atomic E-state index is 11.9. The summed E-state index contributed by atoms with van der Waals surface area (Å²) in [6.45, 7) is 1.80. The molecule has 2 aromatic heterocycles. The molecule has 4 rings (SSSR count). The monoisotopic (exact) mass is 391 g/mol. The van der Waals surface area contributed by atoms with Gasteiger partial charge in [0.1, 0.15) is 30.1 Å². The number of H-pyrrole nitrogens is 1. The summed E-state index contributed by atoms with van der Waals surface area (Å²) in [6.07, 6.45) is -3.08. The maximum Gasteiger partial charge on any atom is 0.260 e. The number of halogens is 1. The van der Waals surface area contributed by atoms with Crippen LogP contribution in [0, 0.1) is 6.92 Å². The van der Waals surface area contributed by atoms with E-state index >= 15 is 0 Å². The quantitative estimate of drug-likeness (QED) is 0.529. The Morgan fingerprint density at radius 2 is 2.07 bits per heavy atom. The largest absolute Gasteiger partial charge is 0.387 e. The second kappa shape index (κ2) is 6.74. The Labute approximate surface area is 158 Å². The molecule has 0 unspecified atom stereocenters. The average molecular weight is 392 g/mol. The third kappa shape index (κ3) is 2.95. The van der Waals surface area contributed by atoms with Gasteiger partial charge in [0.15, 0.2) is 6.23 Å². The zero-order valence-electron chi connectivity index (χ0n) is 14.3. The number of rotatable bonds is 3. The predicted octanol–water partition coefficient (Wildman–Crippen LogP) is 1.04. The lowest BCUT2D eigenvalue weighted by Gasteiger charge is -2.22. The first-order valence-corrected chi connectivity index (χ1v) is 8.76. The van der Waals surface area contributed by atoms with Crippen LogP contribution in [0.1, 0.15) is 23.5 Å². The first kappa shape index (κ1) is 18.1. The lowest BCUT2D eigenvalue weighted by atomic mass is 9.98. The third-order valence-corrected chi connectivity index (χ3v) is 5.32. The van der Waals surface area contributed by atoms with E-state index in [1.165, 1.54) is 10.9 Å². The van der Waals surface area contributed by atoms with Crippen molar-refractivity contribution in [2.75, 3.05) is 0 Å². The van der Waals surface area contributed by atoms with Gasteiger partial charge in [-0.2, -0.15) is 0 Å². The highest BCUT2D eigenvalue weighted by Gasteiger charge is 2.47. The molecule has 9 heteroatoms. The number of aliphatic hydroxyl groups is 3. The number of benzene rings is 1. The zero-order valence-corrected chi connectivity index (χ0v) is 15.0. The highest BCUT2D eigenvalue weighted by atomic mass is 35.5. The van der Waals surface area contributed by atoms with Gasteiger partial charge in [0.25, 0.3) is 5.56 Å². The predicted molar refractivity (Wildman–Crippen MR) is 97.4 cm³/mol. The van der Waals surface area contributed by atoms with Gasteiger partial charge in [-0.25, -0.2) is 4.98 Å². The molecule has 4 N–H and O–H groups in total. The summed E-state index contributed by atoms with van der Waals surface area (Å²) < 4.78 is 7.26. The Balaban J connectivity index is 1.66. The van der Waals surface area contributed by atoms with Crippen molar-refractivity contribution in [3.05, 3.63) is 63.3 Å². The Kier molecular flexibility index (Phi) is 4.53. The Bertz CT molecular complexity index is 1050. The van der Waals surface area contributed by atoms with Crippen molar-refractivity contribution in [2.45, 2.75) is 37.6 Å². The Hall–Kier alpha value is -2.23. The SMILES string of the molecule is Cc1cc([C@@H](O)[C@H]2O[C@@H](n3ccc4c(=O)[nH]cnc43)[C@H](O)[C@@H]2O)ccc1Cl. The highest BCUT2D eigenvalue weighted by molar-refractivity contribution is 6.31. The normalized spacial score (nSPS) is 26.6. The summed E-state index contributed by atoms with van der Waals surface area (Å²) in [5.41, 5.74) is 1.28. The number of nitrogens with one attached hydrogen (secondary N) is 1. The van der Waals surface area contributed by atoms with Crippen molar-refractivity contribution in [1.82, 2.24) is 14.5 Å². The van der Waals surface area contributed by atoms with Gasteiger partial charge < -0.3 is 29.6 Å². The molecule has 5 atom stereocenters. The van der Waals surface area contributed by atoms with Crippen molar-refractivity contribution >= 4 is 22.6 Å². The number of fused-ring (bicyclic) bond motifs is 1. The van der Waals surface area contributed by atoms with Crippen LogP contribution in [0.15, 0.2) is 41.6 Å². The number of ether oxygens (including phenoxy) is 1. The van der Waals surface area contributed by atoms with Gasteiger partial charge in [0.2, 0.25) is 0 Å². The first-order chi connectivity index (χ1) is 12.9. The number of aromatic nitrogens is 3. The lowest BCUT2D eigenvalue weighted by molar-refractivity contribution is -0.0848. The van der Waals surface area contributed by atoms with Crippen LogP contribution in [0.3, 0.4) is 0 Å². The molecule has 142 valence electrons. The molecule has 1 aliphatic heterocycles. The van der Waals surface area contributed by atoms with E-state index in [4.69, 9.17) is 16.3 Å². The minimum absolute atomic E-state index is 0.312. The second-order valence-electron chi connectivity index (χ2n) is 6.62. The van der Waals surface area contributed by atoms with E-state index in [-0.39, 0.29) is 5.56 Å². The van der Waals surface area contributed by atoms with Crippen LogP contribution in [0.4, 0.5) is 0 Å². The molecule has 0 amide bonds. The van der Waals surface area contributed by atoms with E-state index in [0.29, 0.717) is 21.6 Å². The molecule has 3 heterocycles.